The normalized spacial score (nSPS) is 9.85. The zero-order valence-corrected chi connectivity index (χ0v) is 12.0. The highest BCUT2D eigenvalue weighted by atomic mass is 35.5. The molecule has 110 valence electrons. The van der Waals surface area contributed by atoms with Crippen LogP contribution in [0.5, 0.6) is 5.75 Å². The smallest absolute Gasteiger partial charge is 0.450 e. The van der Waals surface area contributed by atoms with Crippen LogP contribution in [-0.4, -0.2) is 26.0 Å². The second-order valence-corrected chi connectivity index (χ2v) is 4.05. The molecule has 0 aromatic heterocycles. The fourth-order valence-corrected chi connectivity index (χ4v) is 1.73. The molecule has 0 saturated carbocycles. The predicted octanol–water partition coefficient (Wildman–Crippen LogP) is 3.85. The number of methoxy groups -OCH3 is 1. The van der Waals surface area contributed by atoms with Gasteiger partial charge in [0.05, 0.1) is 18.7 Å². The first-order valence-electron chi connectivity index (χ1n) is 5.27. The summed E-state index contributed by atoms with van der Waals surface area (Å²) < 4.78 is 27.2. The first-order chi connectivity index (χ1) is 9.40. The van der Waals surface area contributed by atoms with Gasteiger partial charge < -0.3 is 14.2 Å². The molecule has 6 nitrogen and oxygen atoms in total. The van der Waals surface area contributed by atoms with Gasteiger partial charge in [0.15, 0.2) is 5.75 Å². The first kappa shape index (κ1) is 16.3. The third-order valence-electron chi connectivity index (χ3n) is 1.98. The molecular formula is C11H10Cl2FNO5. The van der Waals surface area contributed by atoms with Crippen LogP contribution in [0.1, 0.15) is 6.92 Å². The molecule has 0 heterocycles. The molecule has 0 saturated heterocycles. The summed E-state index contributed by atoms with van der Waals surface area (Å²) in [5.74, 6) is -1.25. The summed E-state index contributed by atoms with van der Waals surface area (Å²) in [5.41, 5.74) is -0.423. The maximum atomic E-state index is 13.7. The Morgan fingerprint density at radius 2 is 2.05 bits per heavy atom. The van der Waals surface area contributed by atoms with E-state index in [9.17, 15) is 14.0 Å². The number of hydrogen-bond acceptors (Lipinski definition) is 5. The van der Waals surface area contributed by atoms with Crippen LogP contribution >= 0.6 is 23.2 Å². The summed E-state index contributed by atoms with van der Waals surface area (Å²) in [6, 6.07) is 0.827. The van der Waals surface area contributed by atoms with Gasteiger partial charge in [-0.2, -0.15) is 0 Å². The topological polar surface area (TPSA) is 73.9 Å². The molecule has 0 radical (unpaired) electrons. The minimum Gasteiger partial charge on any atom is -0.450 e. The fraction of sp³-hybridized carbons (Fsp3) is 0.273. The average molecular weight is 326 g/mol. The molecule has 1 aromatic rings. The average Bonchev–Trinajstić information content (AvgIpc) is 2.39. The Labute approximate surface area is 123 Å². The van der Waals surface area contributed by atoms with Crippen molar-refractivity contribution in [2.75, 3.05) is 19.0 Å². The zero-order valence-electron chi connectivity index (χ0n) is 10.5. The van der Waals surface area contributed by atoms with Crippen molar-refractivity contribution < 1.29 is 28.2 Å². The van der Waals surface area contributed by atoms with Gasteiger partial charge in [-0.05, 0) is 13.0 Å². The molecule has 0 aliphatic carbocycles. The van der Waals surface area contributed by atoms with Crippen LogP contribution < -0.4 is 10.1 Å². The second-order valence-electron chi connectivity index (χ2n) is 3.26. The van der Waals surface area contributed by atoms with E-state index in [1.807, 2.05) is 0 Å². The van der Waals surface area contributed by atoms with Gasteiger partial charge in [0.25, 0.3) is 0 Å². The van der Waals surface area contributed by atoms with Crippen molar-refractivity contribution in [3.05, 3.63) is 21.9 Å². The van der Waals surface area contributed by atoms with Gasteiger partial charge in [-0.15, -0.1) is 0 Å². The van der Waals surface area contributed by atoms with Gasteiger partial charge in [0, 0.05) is 0 Å². The number of rotatable bonds is 3. The number of nitrogens with one attached hydrogen (secondary N) is 1. The Morgan fingerprint density at radius 1 is 1.40 bits per heavy atom. The van der Waals surface area contributed by atoms with Crippen molar-refractivity contribution in [2.24, 2.45) is 0 Å². The van der Waals surface area contributed by atoms with E-state index in [1.165, 1.54) is 0 Å². The monoisotopic (exact) mass is 325 g/mol. The third-order valence-corrected chi connectivity index (χ3v) is 2.62. The molecule has 1 aromatic carbocycles. The van der Waals surface area contributed by atoms with Gasteiger partial charge in [0.2, 0.25) is 0 Å². The molecule has 20 heavy (non-hydrogen) atoms. The zero-order chi connectivity index (χ0) is 15.3. The van der Waals surface area contributed by atoms with Crippen LogP contribution in [0.3, 0.4) is 0 Å². The van der Waals surface area contributed by atoms with Crippen LogP contribution in [-0.2, 0) is 9.47 Å². The Morgan fingerprint density at radius 3 is 2.60 bits per heavy atom. The molecular weight excluding hydrogens is 316 g/mol. The molecule has 1 rings (SSSR count). The Hall–Kier alpha value is -1.73. The van der Waals surface area contributed by atoms with Crippen molar-refractivity contribution in [3.8, 4) is 5.75 Å². The minimum absolute atomic E-state index is 0.0875. The standard InChI is InChI=1S/C11H10Cl2FNO5/c1-3-19-10(16)15-8-6(14)4-5(12)9(7(8)13)20-11(17)18-2/h4H,3H2,1-2H3,(H,15,16). The summed E-state index contributed by atoms with van der Waals surface area (Å²) >= 11 is 11.5. The van der Waals surface area contributed by atoms with Crippen LogP contribution in [0.15, 0.2) is 6.07 Å². The van der Waals surface area contributed by atoms with E-state index >= 15 is 0 Å². The lowest BCUT2D eigenvalue weighted by molar-refractivity contribution is 0.121. The number of hydrogen-bond donors (Lipinski definition) is 1. The van der Waals surface area contributed by atoms with Gasteiger partial charge >= 0.3 is 12.2 Å². The molecule has 0 bridgehead atoms. The SMILES string of the molecule is CCOC(=O)Nc1c(F)cc(Cl)c(OC(=O)OC)c1Cl. The molecule has 1 N–H and O–H groups in total. The number of benzene rings is 1. The van der Waals surface area contributed by atoms with Gasteiger partial charge in [-0.3, -0.25) is 5.32 Å². The lowest BCUT2D eigenvalue weighted by atomic mass is 10.3. The fourth-order valence-electron chi connectivity index (χ4n) is 1.17. The molecule has 0 aliphatic rings. The van der Waals surface area contributed by atoms with Gasteiger partial charge in [-0.25, -0.2) is 14.0 Å². The number of ether oxygens (including phenoxy) is 3. The quantitative estimate of drug-likeness (QED) is 0.675. The van der Waals surface area contributed by atoms with Crippen molar-refractivity contribution in [1.82, 2.24) is 0 Å². The highest BCUT2D eigenvalue weighted by Crippen LogP contribution is 2.40. The van der Waals surface area contributed by atoms with E-state index in [0.717, 1.165) is 13.2 Å². The molecule has 0 fully saturated rings. The van der Waals surface area contributed by atoms with Crippen molar-refractivity contribution in [2.45, 2.75) is 6.92 Å². The molecule has 1 amide bonds. The minimum atomic E-state index is -1.09. The number of halogens is 3. The van der Waals surface area contributed by atoms with Gasteiger partial charge in [0.1, 0.15) is 16.5 Å². The molecule has 0 atom stereocenters. The Kier molecular flexibility index (Phi) is 5.84. The van der Waals surface area contributed by atoms with Crippen LogP contribution in [0, 0.1) is 5.82 Å². The summed E-state index contributed by atoms with van der Waals surface area (Å²) in [7, 11) is 1.07. The van der Waals surface area contributed by atoms with Crippen molar-refractivity contribution >= 4 is 41.1 Å². The third kappa shape index (κ3) is 3.88. The van der Waals surface area contributed by atoms with Crippen LogP contribution in [0.4, 0.5) is 19.7 Å². The van der Waals surface area contributed by atoms with Crippen LogP contribution in [0.2, 0.25) is 10.0 Å². The summed E-state index contributed by atoms with van der Waals surface area (Å²) in [6.07, 6.45) is -2.01. The first-order valence-corrected chi connectivity index (χ1v) is 6.03. The summed E-state index contributed by atoms with van der Waals surface area (Å²) in [4.78, 5) is 22.3. The lowest BCUT2D eigenvalue weighted by Crippen LogP contribution is -2.15. The Balaban J connectivity index is 3.15. The number of carbonyl (C=O) groups excluding carboxylic acids is 2. The summed E-state index contributed by atoms with van der Waals surface area (Å²) in [5, 5.41) is 1.43. The maximum Gasteiger partial charge on any atom is 0.513 e. The van der Waals surface area contributed by atoms with E-state index in [0.29, 0.717) is 0 Å². The highest BCUT2D eigenvalue weighted by molar-refractivity contribution is 6.39. The second kappa shape index (κ2) is 7.16. The largest absolute Gasteiger partial charge is 0.513 e. The molecule has 9 heteroatoms. The van der Waals surface area contributed by atoms with Gasteiger partial charge in [-0.1, -0.05) is 23.2 Å². The van der Waals surface area contributed by atoms with E-state index in [2.05, 4.69) is 19.5 Å². The number of amides is 1. The van der Waals surface area contributed by atoms with E-state index in [1.54, 1.807) is 6.92 Å². The molecule has 0 unspecified atom stereocenters. The highest BCUT2D eigenvalue weighted by Gasteiger charge is 2.21. The Bertz CT molecular complexity index is 538. The summed E-state index contributed by atoms with van der Waals surface area (Å²) in [6.45, 7) is 1.66. The van der Waals surface area contributed by atoms with E-state index < -0.39 is 28.8 Å². The van der Waals surface area contributed by atoms with E-state index in [-0.39, 0.29) is 17.4 Å². The lowest BCUT2D eigenvalue weighted by Gasteiger charge is -2.13. The maximum absolute atomic E-state index is 13.7. The van der Waals surface area contributed by atoms with E-state index in [4.69, 9.17) is 23.2 Å². The van der Waals surface area contributed by atoms with Crippen molar-refractivity contribution in [1.29, 1.82) is 0 Å². The van der Waals surface area contributed by atoms with Crippen molar-refractivity contribution in [3.63, 3.8) is 0 Å². The number of carbonyl (C=O) groups is 2. The van der Waals surface area contributed by atoms with Crippen LogP contribution in [0.25, 0.3) is 0 Å². The predicted molar refractivity (Wildman–Crippen MR) is 70.1 cm³/mol. The molecule has 0 spiro atoms. The number of anilines is 1. The molecule has 0 aliphatic heterocycles.